The molecule has 4 unspecified atom stereocenters. The Morgan fingerprint density at radius 3 is 2.14 bits per heavy atom. The molecule has 0 aliphatic rings. The quantitative estimate of drug-likeness (QED) is 0.204. The lowest BCUT2D eigenvalue weighted by molar-refractivity contribution is -0.143. The van der Waals surface area contributed by atoms with Crippen molar-refractivity contribution in [1.82, 2.24) is 20.9 Å². The molecular weight excluding hydrogens is 466 g/mol. The molecule has 1 aromatic carbocycles. The summed E-state index contributed by atoms with van der Waals surface area (Å²) in [7, 11) is 0. The maximum Gasteiger partial charge on any atom is 0.326 e. The molecule has 1 aromatic heterocycles. The van der Waals surface area contributed by atoms with Crippen LogP contribution in [-0.4, -0.2) is 69.7 Å². The van der Waals surface area contributed by atoms with Gasteiger partial charge in [-0.3, -0.25) is 14.4 Å². The van der Waals surface area contributed by atoms with Crippen LogP contribution < -0.4 is 21.7 Å². The highest BCUT2D eigenvalue weighted by Crippen LogP contribution is 2.18. The van der Waals surface area contributed by atoms with Crippen molar-refractivity contribution in [1.29, 1.82) is 0 Å². The number of aromatic amines is 1. The number of para-hydroxylation sites is 1. The largest absolute Gasteiger partial charge is 0.480 e. The average Bonchev–Trinajstić information content (AvgIpc) is 3.22. The second-order valence-electron chi connectivity index (χ2n) is 9.67. The molecule has 198 valence electrons. The number of carboxylic acids is 1. The van der Waals surface area contributed by atoms with Crippen LogP contribution >= 0.6 is 0 Å². The molecule has 0 saturated heterocycles. The van der Waals surface area contributed by atoms with Gasteiger partial charge in [0.1, 0.15) is 18.1 Å². The Hall–Kier alpha value is -3.44. The standard InChI is InChI=1S/C25H37N5O6/c1-13(2)9-19(23(33)30-21(14(3)4)25(35)36)28-24(34)20(12-31)29-22(32)17(26)10-15-11-27-18-8-6-5-7-16(15)18/h5-8,11,13-14,17,19-21,27,31H,9-10,12,26H2,1-4H3,(H,28,34)(H,29,32)(H,30,33)(H,35,36). The van der Waals surface area contributed by atoms with E-state index in [-0.39, 0.29) is 24.7 Å². The topological polar surface area (TPSA) is 187 Å². The summed E-state index contributed by atoms with van der Waals surface area (Å²) >= 11 is 0. The molecule has 0 saturated carbocycles. The van der Waals surface area contributed by atoms with Gasteiger partial charge in [-0.05, 0) is 36.3 Å². The van der Waals surface area contributed by atoms with Crippen LogP contribution in [0.25, 0.3) is 10.9 Å². The number of hydrogen-bond donors (Lipinski definition) is 7. The molecule has 11 nitrogen and oxygen atoms in total. The highest BCUT2D eigenvalue weighted by atomic mass is 16.4. The molecule has 0 fully saturated rings. The predicted molar refractivity (Wildman–Crippen MR) is 135 cm³/mol. The summed E-state index contributed by atoms with van der Waals surface area (Å²) in [4.78, 5) is 52.9. The molecule has 36 heavy (non-hydrogen) atoms. The van der Waals surface area contributed by atoms with E-state index >= 15 is 0 Å². The highest BCUT2D eigenvalue weighted by molar-refractivity contribution is 5.94. The van der Waals surface area contributed by atoms with Crippen molar-refractivity contribution in [2.45, 2.75) is 64.7 Å². The minimum atomic E-state index is -1.34. The molecule has 0 aliphatic carbocycles. The normalized spacial score (nSPS) is 14.8. The van der Waals surface area contributed by atoms with Gasteiger partial charge in [-0.15, -0.1) is 0 Å². The van der Waals surface area contributed by atoms with Gasteiger partial charge >= 0.3 is 5.97 Å². The second kappa shape index (κ2) is 13.0. The number of amides is 3. The van der Waals surface area contributed by atoms with E-state index in [9.17, 15) is 29.4 Å². The number of nitrogens with one attached hydrogen (secondary N) is 4. The summed E-state index contributed by atoms with van der Waals surface area (Å²) in [6, 6.07) is 3.07. The molecule has 8 N–H and O–H groups in total. The fourth-order valence-corrected chi connectivity index (χ4v) is 3.85. The summed E-state index contributed by atoms with van der Waals surface area (Å²) in [6.07, 6.45) is 2.21. The Labute approximate surface area is 210 Å². The lowest BCUT2D eigenvalue weighted by Crippen LogP contribution is -2.58. The van der Waals surface area contributed by atoms with Gasteiger partial charge in [0.05, 0.1) is 12.6 Å². The first-order valence-corrected chi connectivity index (χ1v) is 12.0. The van der Waals surface area contributed by atoms with E-state index in [2.05, 4.69) is 20.9 Å². The third kappa shape index (κ3) is 7.79. The van der Waals surface area contributed by atoms with Gasteiger partial charge in [0.15, 0.2) is 0 Å². The second-order valence-corrected chi connectivity index (χ2v) is 9.67. The zero-order chi connectivity index (χ0) is 27.0. The molecule has 2 aromatic rings. The number of rotatable bonds is 13. The molecule has 0 aliphatic heterocycles. The van der Waals surface area contributed by atoms with E-state index in [1.807, 2.05) is 38.1 Å². The Morgan fingerprint density at radius 2 is 1.56 bits per heavy atom. The van der Waals surface area contributed by atoms with Crippen LogP contribution in [0.3, 0.4) is 0 Å². The molecule has 2 rings (SSSR count). The summed E-state index contributed by atoms with van der Waals surface area (Å²) in [5.41, 5.74) is 7.82. The van der Waals surface area contributed by atoms with Gasteiger partial charge in [0, 0.05) is 17.1 Å². The molecule has 11 heteroatoms. The molecule has 3 amide bonds. The number of H-pyrrole nitrogens is 1. The van der Waals surface area contributed by atoms with E-state index in [0.29, 0.717) is 0 Å². The van der Waals surface area contributed by atoms with Crippen molar-refractivity contribution in [3.05, 3.63) is 36.0 Å². The van der Waals surface area contributed by atoms with Gasteiger partial charge in [-0.25, -0.2) is 4.79 Å². The van der Waals surface area contributed by atoms with Gasteiger partial charge in [0.25, 0.3) is 0 Å². The van der Waals surface area contributed by atoms with E-state index in [1.165, 1.54) is 0 Å². The van der Waals surface area contributed by atoms with Crippen LogP contribution in [0.4, 0.5) is 0 Å². The number of carbonyl (C=O) groups is 4. The third-order valence-corrected chi connectivity index (χ3v) is 5.84. The van der Waals surface area contributed by atoms with Crippen molar-refractivity contribution in [3.8, 4) is 0 Å². The number of fused-ring (bicyclic) bond motifs is 1. The Balaban J connectivity index is 2.05. The first-order valence-electron chi connectivity index (χ1n) is 12.0. The van der Waals surface area contributed by atoms with E-state index in [0.717, 1.165) is 16.5 Å². The average molecular weight is 504 g/mol. The van der Waals surface area contributed by atoms with Gasteiger partial charge < -0.3 is 36.9 Å². The molecular formula is C25H37N5O6. The lowest BCUT2D eigenvalue weighted by Gasteiger charge is -2.26. The maximum absolute atomic E-state index is 12.8. The van der Waals surface area contributed by atoms with Crippen LogP contribution in [-0.2, 0) is 25.6 Å². The minimum Gasteiger partial charge on any atom is -0.480 e. The van der Waals surface area contributed by atoms with Crippen molar-refractivity contribution >= 4 is 34.6 Å². The number of aliphatic hydroxyl groups excluding tert-OH is 1. The van der Waals surface area contributed by atoms with E-state index < -0.39 is 54.5 Å². The summed E-state index contributed by atoms with van der Waals surface area (Å²) < 4.78 is 0. The zero-order valence-corrected chi connectivity index (χ0v) is 21.1. The molecule has 0 bridgehead atoms. The van der Waals surface area contributed by atoms with Crippen LogP contribution in [0.1, 0.15) is 39.7 Å². The SMILES string of the molecule is CC(C)CC(NC(=O)C(CO)NC(=O)C(N)Cc1c[nH]c2ccccc12)C(=O)NC(C(=O)O)C(C)C. The summed E-state index contributed by atoms with van der Waals surface area (Å²) in [6.45, 7) is 6.30. The number of aromatic nitrogens is 1. The van der Waals surface area contributed by atoms with Crippen LogP contribution in [0.2, 0.25) is 0 Å². The first kappa shape index (κ1) is 28.8. The fourth-order valence-electron chi connectivity index (χ4n) is 3.85. The number of carboxylic acid groups (broad SMARTS) is 1. The zero-order valence-electron chi connectivity index (χ0n) is 21.1. The number of aliphatic hydroxyl groups is 1. The third-order valence-electron chi connectivity index (χ3n) is 5.84. The van der Waals surface area contributed by atoms with Crippen molar-refractivity contribution in [3.63, 3.8) is 0 Å². The molecule has 0 radical (unpaired) electrons. The van der Waals surface area contributed by atoms with Gasteiger partial charge in [-0.1, -0.05) is 45.9 Å². The molecule has 0 spiro atoms. The fraction of sp³-hybridized carbons (Fsp3) is 0.520. The number of benzene rings is 1. The minimum absolute atomic E-state index is 0.00450. The number of hydrogen-bond acceptors (Lipinski definition) is 6. The Kier molecular flexibility index (Phi) is 10.4. The smallest absolute Gasteiger partial charge is 0.326 e. The van der Waals surface area contributed by atoms with Crippen LogP contribution in [0, 0.1) is 11.8 Å². The monoisotopic (exact) mass is 503 g/mol. The Bertz CT molecular complexity index is 1070. The van der Waals surface area contributed by atoms with Crippen molar-refractivity contribution in [2.75, 3.05) is 6.61 Å². The first-order chi connectivity index (χ1) is 16.9. The maximum atomic E-state index is 12.8. The van der Waals surface area contributed by atoms with E-state index in [4.69, 9.17) is 5.73 Å². The van der Waals surface area contributed by atoms with Gasteiger partial charge in [-0.2, -0.15) is 0 Å². The highest BCUT2D eigenvalue weighted by Gasteiger charge is 2.31. The summed E-state index contributed by atoms with van der Waals surface area (Å²) in [5, 5.41) is 27.5. The van der Waals surface area contributed by atoms with Crippen LogP contribution in [0.5, 0.6) is 0 Å². The van der Waals surface area contributed by atoms with E-state index in [1.54, 1.807) is 20.0 Å². The lowest BCUT2D eigenvalue weighted by atomic mass is 10.00. The van der Waals surface area contributed by atoms with Crippen molar-refractivity contribution < 1.29 is 29.4 Å². The number of aliphatic carboxylic acids is 1. The summed E-state index contributed by atoms with van der Waals surface area (Å²) in [5.74, 6) is -3.62. The van der Waals surface area contributed by atoms with Crippen molar-refractivity contribution in [2.24, 2.45) is 17.6 Å². The Morgan fingerprint density at radius 1 is 0.944 bits per heavy atom. The van der Waals surface area contributed by atoms with Gasteiger partial charge in [0.2, 0.25) is 17.7 Å². The number of carbonyl (C=O) groups excluding carboxylic acids is 3. The molecule has 1 heterocycles. The van der Waals surface area contributed by atoms with Crippen LogP contribution in [0.15, 0.2) is 30.5 Å². The predicted octanol–water partition coefficient (Wildman–Crippen LogP) is 0.271. The number of nitrogens with two attached hydrogens (primary N) is 1. The molecule has 4 atom stereocenters.